The molecule has 148 valence electrons. The minimum Gasteiger partial charge on any atom is -0.448 e. The molecule has 0 bridgehead atoms. The number of carbonyl (C=O) groups is 2. The topological polar surface area (TPSA) is 149 Å². The Morgan fingerprint density at radius 2 is 2.07 bits per heavy atom. The Bertz CT molecular complexity index is 1260. The van der Waals surface area contributed by atoms with Crippen molar-refractivity contribution in [2.24, 2.45) is 0 Å². The lowest BCUT2D eigenvalue weighted by Crippen LogP contribution is -2.30. The molecular formula is C18H17N7O3S. The van der Waals surface area contributed by atoms with E-state index in [4.69, 9.17) is 10.5 Å². The Labute approximate surface area is 168 Å². The molecule has 0 aliphatic carbocycles. The van der Waals surface area contributed by atoms with Gasteiger partial charge in [-0.15, -0.1) is 11.3 Å². The highest BCUT2D eigenvalue weighted by Gasteiger charge is 2.25. The van der Waals surface area contributed by atoms with Gasteiger partial charge in [-0.25, -0.2) is 24.7 Å². The van der Waals surface area contributed by atoms with Crippen LogP contribution >= 0.6 is 11.3 Å². The van der Waals surface area contributed by atoms with Crippen LogP contribution in [-0.4, -0.2) is 42.9 Å². The number of nitrogens with zero attached hydrogens (tertiary/aromatic N) is 4. The molecule has 0 unspecified atom stereocenters. The Kier molecular flexibility index (Phi) is 4.59. The average molecular weight is 411 g/mol. The molecule has 0 saturated heterocycles. The summed E-state index contributed by atoms with van der Waals surface area (Å²) in [6, 6.07) is 1.90. The van der Waals surface area contributed by atoms with Crippen LogP contribution in [0, 0.1) is 13.8 Å². The molecule has 0 saturated carbocycles. The van der Waals surface area contributed by atoms with Gasteiger partial charge in [0.1, 0.15) is 21.6 Å². The Morgan fingerprint density at radius 3 is 2.86 bits per heavy atom. The van der Waals surface area contributed by atoms with Gasteiger partial charge in [-0.05, 0) is 32.4 Å². The second kappa shape index (κ2) is 7.09. The summed E-state index contributed by atoms with van der Waals surface area (Å²) >= 11 is 1.14. The molecule has 4 aromatic rings. The van der Waals surface area contributed by atoms with Gasteiger partial charge in [0, 0.05) is 11.1 Å². The van der Waals surface area contributed by atoms with Crippen LogP contribution in [0.15, 0.2) is 18.7 Å². The number of rotatable bonds is 4. The predicted octanol–water partition coefficient (Wildman–Crippen LogP) is 2.35. The molecule has 11 heteroatoms. The van der Waals surface area contributed by atoms with Crippen molar-refractivity contribution >= 4 is 56.1 Å². The van der Waals surface area contributed by atoms with Crippen LogP contribution in [0.1, 0.15) is 27.9 Å². The maximum atomic E-state index is 12.6. The van der Waals surface area contributed by atoms with Gasteiger partial charge in [-0.2, -0.15) is 0 Å². The quantitative estimate of drug-likeness (QED) is 0.433. The smallest absolute Gasteiger partial charge is 0.351 e. The van der Waals surface area contributed by atoms with Crippen molar-refractivity contribution in [3.8, 4) is 0 Å². The molecule has 0 spiro atoms. The number of imidazole rings is 1. The molecule has 0 radical (unpaired) electrons. The number of fused-ring (bicyclic) bond motifs is 2. The van der Waals surface area contributed by atoms with E-state index in [-0.39, 0.29) is 10.7 Å². The summed E-state index contributed by atoms with van der Waals surface area (Å²) in [4.78, 5) is 45.3. The van der Waals surface area contributed by atoms with Crippen molar-refractivity contribution in [3.63, 3.8) is 0 Å². The summed E-state index contributed by atoms with van der Waals surface area (Å²) in [5.41, 5.74) is 9.12. The lowest BCUT2D eigenvalue weighted by molar-refractivity contribution is -0.123. The number of aryl methyl sites for hydroxylation is 2. The molecule has 1 amide bonds. The fraction of sp³-hybridized carbons (Fsp3) is 0.222. The summed E-state index contributed by atoms with van der Waals surface area (Å²) < 4.78 is 5.33. The van der Waals surface area contributed by atoms with Crippen LogP contribution in [0.5, 0.6) is 0 Å². The Balaban J connectivity index is 1.53. The SMILES string of the molecule is Cc1cc(C)c2c(N)c(C(=O)O[C@H](C)C(=O)Nc3ncnc4nc[nH]c34)sc2n1. The lowest BCUT2D eigenvalue weighted by atomic mass is 10.1. The zero-order valence-corrected chi connectivity index (χ0v) is 16.6. The predicted molar refractivity (Wildman–Crippen MR) is 109 cm³/mol. The zero-order valence-electron chi connectivity index (χ0n) is 15.8. The minimum absolute atomic E-state index is 0.221. The summed E-state index contributed by atoms with van der Waals surface area (Å²) in [5.74, 6) is -0.977. The van der Waals surface area contributed by atoms with Crippen LogP contribution in [0.2, 0.25) is 0 Å². The average Bonchev–Trinajstić information content (AvgIpc) is 3.26. The van der Waals surface area contributed by atoms with Crippen molar-refractivity contribution in [2.45, 2.75) is 26.9 Å². The van der Waals surface area contributed by atoms with Crippen molar-refractivity contribution in [1.82, 2.24) is 24.9 Å². The van der Waals surface area contributed by atoms with Crippen molar-refractivity contribution in [2.75, 3.05) is 11.1 Å². The van der Waals surface area contributed by atoms with E-state index in [1.807, 2.05) is 19.9 Å². The van der Waals surface area contributed by atoms with Gasteiger partial charge in [-0.1, -0.05) is 0 Å². The maximum Gasteiger partial charge on any atom is 0.351 e. The number of amides is 1. The molecule has 0 aromatic carbocycles. The number of hydrogen-bond acceptors (Lipinski definition) is 9. The number of thiophene rings is 1. The Morgan fingerprint density at radius 1 is 1.28 bits per heavy atom. The minimum atomic E-state index is -1.07. The molecule has 4 rings (SSSR count). The highest BCUT2D eigenvalue weighted by Crippen LogP contribution is 2.35. The van der Waals surface area contributed by atoms with E-state index in [1.165, 1.54) is 19.6 Å². The standard InChI is InChI=1S/C18H17N7O3S/c1-7-4-8(2)24-17-10(7)11(19)13(29-17)18(27)28-9(3)16(26)25-15-12-14(21-5-20-12)22-6-23-15/h4-6,9H,19H2,1-3H3,(H2,20,21,22,23,25,26)/t9-/m1/s1. The van der Waals surface area contributed by atoms with Crippen LogP contribution < -0.4 is 11.1 Å². The van der Waals surface area contributed by atoms with Crippen LogP contribution in [0.4, 0.5) is 11.5 Å². The number of aromatic amines is 1. The molecule has 4 heterocycles. The molecule has 29 heavy (non-hydrogen) atoms. The number of H-pyrrole nitrogens is 1. The zero-order chi connectivity index (χ0) is 20.7. The van der Waals surface area contributed by atoms with Crippen LogP contribution in [-0.2, 0) is 9.53 Å². The third kappa shape index (κ3) is 3.36. The summed E-state index contributed by atoms with van der Waals surface area (Å²) in [6.07, 6.45) is 1.65. The van der Waals surface area contributed by atoms with Gasteiger partial charge in [0.05, 0.1) is 12.0 Å². The third-order valence-electron chi connectivity index (χ3n) is 4.33. The van der Waals surface area contributed by atoms with Gasteiger partial charge in [0.15, 0.2) is 17.6 Å². The fourth-order valence-corrected chi connectivity index (χ4v) is 4.07. The number of nitrogen functional groups attached to an aromatic ring is 1. The van der Waals surface area contributed by atoms with Gasteiger partial charge in [0.2, 0.25) is 0 Å². The Hall–Kier alpha value is -3.60. The molecular weight excluding hydrogens is 394 g/mol. The summed E-state index contributed by atoms with van der Waals surface area (Å²) in [7, 11) is 0. The summed E-state index contributed by atoms with van der Waals surface area (Å²) in [5, 5.41) is 3.34. The number of carbonyl (C=O) groups excluding carboxylic acids is 2. The van der Waals surface area contributed by atoms with Crippen LogP contribution in [0.25, 0.3) is 21.4 Å². The first-order valence-corrected chi connectivity index (χ1v) is 9.49. The highest BCUT2D eigenvalue weighted by molar-refractivity contribution is 7.21. The second-order valence-electron chi connectivity index (χ2n) is 6.47. The number of pyridine rings is 1. The first-order valence-electron chi connectivity index (χ1n) is 8.67. The fourth-order valence-electron chi connectivity index (χ4n) is 2.97. The van der Waals surface area contributed by atoms with E-state index in [2.05, 4.69) is 30.2 Å². The number of nitrogens with two attached hydrogens (primary N) is 1. The van der Waals surface area contributed by atoms with Crippen molar-refractivity contribution < 1.29 is 14.3 Å². The van der Waals surface area contributed by atoms with E-state index >= 15 is 0 Å². The third-order valence-corrected chi connectivity index (χ3v) is 5.41. The number of anilines is 2. The molecule has 0 aliphatic rings. The first-order chi connectivity index (χ1) is 13.8. The van der Waals surface area contributed by atoms with Gasteiger partial charge in [0.25, 0.3) is 5.91 Å². The maximum absolute atomic E-state index is 12.6. The van der Waals surface area contributed by atoms with Gasteiger partial charge >= 0.3 is 5.97 Å². The second-order valence-corrected chi connectivity index (χ2v) is 7.46. The van der Waals surface area contributed by atoms with Crippen LogP contribution in [0.3, 0.4) is 0 Å². The van der Waals surface area contributed by atoms with Crippen molar-refractivity contribution in [3.05, 3.63) is 34.9 Å². The van der Waals surface area contributed by atoms with Crippen molar-refractivity contribution in [1.29, 1.82) is 0 Å². The monoisotopic (exact) mass is 411 g/mol. The van der Waals surface area contributed by atoms with E-state index in [1.54, 1.807) is 0 Å². The molecule has 0 fully saturated rings. The lowest BCUT2D eigenvalue weighted by Gasteiger charge is -2.13. The largest absolute Gasteiger partial charge is 0.448 e. The first kappa shape index (κ1) is 18.7. The van der Waals surface area contributed by atoms with Gasteiger partial charge < -0.3 is 20.8 Å². The number of ether oxygens (including phenoxy) is 1. The number of esters is 1. The molecule has 0 aliphatic heterocycles. The van der Waals surface area contributed by atoms with E-state index in [9.17, 15) is 9.59 Å². The number of nitrogens with one attached hydrogen (secondary N) is 2. The van der Waals surface area contributed by atoms with E-state index in [0.29, 0.717) is 21.7 Å². The molecule has 4 aromatic heterocycles. The van der Waals surface area contributed by atoms with E-state index in [0.717, 1.165) is 28.0 Å². The molecule has 1 atom stereocenters. The number of hydrogen-bond donors (Lipinski definition) is 3. The van der Waals surface area contributed by atoms with Gasteiger partial charge in [-0.3, -0.25) is 4.79 Å². The molecule has 4 N–H and O–H groups in total. The molecule has 10 nitrogen and oxygen atoms in total. The van der Waals surface area contributed by atoms with E-state index < -0.39 is 18.0 Å². The summed E-state index contributed by atoms with van der Waals surface area (Å²) in [6.45, 7) is 5.25. The number of aromatic nitrogens is 5. The highest BCUT2D eigenvalue weighted by atomic mass is 32.1. The normalized spacial score (nSPS) is 12.2.